The van der Waals surface area contributed by atoms with Crippen LogP contribution in [0.4, 0.5) is 0 Å². The molecule has 2 unspecified atom stereocenters. The standard InChI is InChI=1S/C74H121NO3/c1-3-5-7-9-11-13-15-17-19-21-23-25-27-29-31-33-34-35-36-37-38-39-40-42-44-46-48-50-52-54-56-58-60-62-64-66-68-70-74(78)75-72(71-76)73(77)69-67-65-63-61-59-57-55-53-51-49-47-45-43-41-32-30-28-26-24-22-20-18-16-14-12-10-8-6-4-2/h5,7,11,13,17,19,23,25,29,31,34-35,37-38,40,42,46,48,51-54,58-61,67,69,72-73,76-77H,3-4,6,8-10,12,14-16,18,20-22,24,26-28,30,32-33,36,39,41,43-45,47,49-50,55-57,62-66,68,70-71H2,1-2H3,(H,75,78)/b7-5-,13-11-,19-17-,25-23-,31-29-,35-34-,38-37-,42-40-,48-46-,53-51+,54-52-,60-58-,61-59+,69-67+. The van der Waals surface area contributed by atoms with Crippen LogP contribution in [0.15, 0.2) is 170 Å². The molecule has 0 aliphatic rings. The first kappa shape index (κ1) is 73.8. The third kappa shape index (κ3) is 62.6. The molecule has 0 rings (SSSR count). The summed E-state index contributed by atoms with van der Waals surface area (Å²) in [5, 5.41) is 23.2. The van der Waals surface area contributed by atoms with Crippen LogP contribution in [0.5, 0.6) is 0 Å². The minimum atomic E-state index is -0.899. The van der Waals surface area contributed by atoms with Crippen LogP contribution < -0.4 is 5.32 Å². The Balaban J connectivity index is 3.71. The molecule has 0 bridgehead atoms. The van der Waals surface area contributed by atoms with Crippen LogP contribution >= 0.6 is 0 Å². The van der Waals surface area contributed by atoms with Gasteiger partial charge in [0.15, 0.2) is 0 Å². The van der Waals surface area contributed by atoms with Gasteiger partial charge in [0, 0.05) is 6.42 Å². The molecule has 0 spiro atoms. The van der Waals surface area contributed by atoms with Crippen LogP contribution in [0.3, 0.4) is 0 Å². The van der Waals surface area contributed by atoms with Crippen LogP contribution in [-0.2, 0) is 4.79 Å². The molecule has 0 radical (unpaired) electrons. The molecule has 0 saturated carbocycles. The summed E-state index contributed by atoms with van der Waals surface area (Å²) in [7, 11) is 0. The number of hydrogen-bond donors (Lipinski definition) is 3. The van der Waals surface area contributed by atoms with Gasteiger partial charge in [0.2, 0.25) is 5.91 Å². The van der Waals surface area contributed by atoms with E-state index < -0.39 is 12.1 Å². The number of allylic oxidation sites excluding steroid dienone is 27. The van der Waals surface area contributed by atoms with Crippen LogP contribution in [-0.4, -0.2) is 34.9 Å². The van der Waals surface area contributed by atoms with Gasteiger partial charge in [-0.05, 0) is 128 Å². The molecule has 1 amide bonds. The Morgan fingerprint density at radius 3 is 0.897 bits per heavy atom. The lowest BCUT2D eigenvalue weighted by Crippen LogP contribution is -2.45. The van der Waals surface area contributed by atoms with E-state index in [0.717, 1.165) is 122 Å². The predicted octanol–water partition coefficient (Wildman–Crippen LogP) is 22.3. The Bertz CT molecular complexity index is 1690. The zero-order valence-corrected chi connectivity index (χ0v) is 50.6. The lowest BCUT2D eigenvalue weighted by atomic mass is 10.0. The van der Waals surface area contributed by atoms with Crippen molar-refractivity contribution in [3.8, 4) is 0 Å². The van der Waals surface area contributed by atoms with Crippen LogP contribution in [0.2, 0.25) is 0 Å². The second kappa shape index (κ2) is 67.0. The third-order valence-corrected chi connectivity index (χ3v) is 13.7. The zero-order valence-electron chi connectivity index (χ0n) is 50.6. The Morgan fingerprint density at radius 2 is 0.577 bits per heavy atom. The van der Waals surface area contributed by atoms with Crippen molar-refractivity contribution in [1.29, 1.82) is 0 Å². The van der Waals surface area contributed by atoms with Gasteiger partial charge in [0.1, 0.15) is 0 Å². The molecule has 0 aromatic carbocycles. The average Bonchev–Trinajstić information content (AvgIpc) is 3.44. The van der Waals surface area contributed by atoms with Gasteiger partial charge in [-0.2, -0.15) is 0 Å². The number of rotatable bonds is 57. The smallest absolute Gasteiger partial charge is 0.220 e. The maximum Gasteiger partial charge on any atom is 0.220 e. The van der Waals surface area contributed by atoms with E-state index in [0.29, 0.717) is 6.42 Å². The first-order valence-electron chi connectivity index (χ1n) is 32.3. The molecule has 0 heterocycles. The molecule has 0 aliphatic carbocycles. The normalized spacial score (nSPS) is 13.9. The highest BCUT2D eigenvalue weighted by Gasteiger charge is 2.17. The molecule has 0 fully saturated rings. The highest BCUT2D eigenvalue weighted by Crippen LogP contribution is 2.15. The Hall–Kier alpha value is -4.25. The monoisotopic (exact) mass is 1070 g/mol. The third-order valence-electron chi connectivity index (χ3n) is 13.7. The van der Waals surface area contributed by atoms with Gasteiger partial charge in [0.05, 0.1) is 18.8 Å². The fraction of sp³-hybridized carbons (Fsp3) is 0.608. The number of nitrogens with one attached hydrogen (secondary N) is 1. The summed E-state index contributed by atoms with van der Waals surface area (Å²) in [5.41, 5.74) is 0. The fourth-order valence-corrected chi connectivity index (χ4v) is 8.80. The number of aliphatic hydroxyl groups excluding tert-OH is 2. The Kier molecular flexibility index (Phi) is 63.4. The summed E-state index contributed by atoms with van der Waals surface area (Å²) in [6, 6.07) is -0.679. The quantitative estimate of drug-likeness (QED) is 0.0420. The fourth-order valence-electron chi connectivity index (χ4n) is 8.80. The SMILES string of the molecule is CC/C=C\C/C=C\C/C=C\C/C=C\C/C=C\C/C=C\C/C=C\C/C=C\C/C=C\C/C=C\C/C=C\CCCCCC(=O)NC(CO)C(O)/C=C/CC/C=C/CC/C=C/CCCCCCCCCCCCCCCCCCCCC. The van der Waals surface area contributed by atoms with Gasteiger partial charge >= 0.3 is 0 Å². The zero-order chi connectivity index (χ0) is 56.2. The number of aliphatic hydroxyl groups is 2. The molecule has 0 aromatic heterocycles. The van der Waals surface area contributed by atoms with E-state index in [2.05, 4.69) is 177 Å². The van der Waals surface area contributed by atoms with Crippen molar-refractivity contribution in [1.82, 2.24) is 5.32 Å². The van der Waals surface area contributed by atoms with Gasteiger partial charge in [-0.1, -0.05) is 306 Å². The predicted molar refractivity (Wildman–Crippen MR) is 349 cm³/mol. The van der Waals surface area contributed by atoms with Crippen molar-refractivity contribution in [2.45, 2.75) is 283 Å². The summed E-state index contributed by atoms with van der Waals surface area (Å²) in [6.07, 6.45) is 108. The molecule has 78 heavy (non-hydrogen) atoms. The molecule has 4 nitrogen and oxygen atoms in total. The van der Waals surface area contributed by atoms with Crippen molar-refractivity contribution < 1.29 is 15.0 Å². The van der Waals surface area contributed by atoms with Crippen molar-refractivity contribution in [2.24, 2.45) is 0 Å². The molecule has 440 valence electrons. The van der Waals surface area contributed by atoms with Crippen molar-refractivity contribution in [3.05, 3.63) is 170 Å². The van der Waals surface area contributed by atoms with Crippen LogP contribution in [0.1, 0.15) is 271 Å². The van der Waals surface area contributed by atoms with Crippen molar-refractivity contribution >= 4 is 5.91 Å². The first-order chi connectivity index (χ1) is 38.7. The van der Waals surface area contributed by atoms with E-state index in [1.165, 1.54) is 128 Å². The molecule has 4 heteroatoms. The lowest BCUT2D eigenvalue weighted by molar-refractivity contribution is -0.123. The number of hydrogen-bond acceptors (Lipinski definition) is 3. The van der Waals surface area contributed by atoms with Gasteiger partial charge < -0.3 is 15.5 Å². The lowest BCUT2D eigenvalue weighted by Gasteiger charge is -2.19. The largest absolute Gasteiger partial charge is 0.394 e. The van der Waals surface area contributed by atoms with Gasteiger partial charge in [-0.25, -0.2) is 0 Å². The van der Waals surface area contributed by atoms with Gasteiger partial charge in [-0.3, -0.25) is 4.79 Å². The molecule has 0 saturated heterocycles. The molecule has 0 aliphatic heterocycles. The Labute approximate surface area is 483 Å². The second-order valence-electron chi connectivity index (χ2n) is 21.1. The van der Waals surface area contributed by atoms with Crippen LogP contribution in [0, 0.1) is 0 Å². The summed E-state index contributed by atoms with van der Waals surface area (Å²) in [4.78, 5) is 12.5. The number of amides is 1. The molecule has 0 aromatic rings. The molecule has 2 atom stereocenters. The maximum absolute atomic E-state index is 12.5. The summed E-state index contributed by atoms with van der Waals surface area (Å²) in [6.45, 7) is 4.17. The Morgan fingerprint density at radius 1 is 0.321 bits per heavy atom. The van der Waals surface area contributed by atoms with Gasteiger partial charge in [-0.15, -0.1) is 0 Å². The highest BCUT2D eigenvalue weighted by atomic mass is 16.3. The van der Waals surface area contributed by atoms with E-state index in [9.17, 15) is 15.0 Å². The van der Waals surface area contributed by atoms with Crippen molar-refractivity contribution in [2.75, 3.05) is 6.61 Å². The van der Waals surface area contributed by atoms with Crippen molar-refractivity contribution in [3.63, 3.8) is 0 Å². The number of carbonyl (C=O) groups excluding carboxylic acids is 1. The number of unbranched alkanes of at least 4 members (excludes halogenated alkanes) is 24. The average molecular weight is 1070 g/mol. The van der Waals surface area contributed by atoms with E-state index in [4.69, 9.17) is 0 Å². The van der Waals surface area contributed by atoms with Gasteiger partial charge in [0.25, 0.3) is 0 Å². The minimum absolute atomic E-state index is 0.115. The topological polar surface area (TPSA) is 69.6 Å². The summed E-state index contributed by atoms with van der Waals surface area (Å²) in [5.74, 6) is -0.115. The second-order valence-corrected chi connectivity index (χ2v) is 21.1. The number of carbonyl (C=O) groups is 1. The summed E-state index contributed by atoms with van der Waals surface area (Å²) < 4.78 is 0. The molecular formula is C74H121NO3. The highest BCUT2D eigenvalue weighted by molar-refractivity contribution is 5.76. The molecular weight excluding hydrogens is 951 g/mol. The maximum atomic E-state index is 12.5. The van der Waals surface area contributed by atoms with E-state index in [1.807, 2.05) is 6.08 Å². The molecule has 3 N–H and O–H groups in total. The van der Waals surface area contributed by atoms with Crippen LogP contribution in [0.25, 0.3) is 0 Å². The summed E-state index contributed by atoms with van der Waals surface area (Å²) >= 11 is 0. The first-order valence-corrected chi connectivity index (χ1v) is 32.3. The minimum Gasteiger partial charge on any atom is -0.394 e. The van der Waals surface area contributed by atoms with E-state index >= 15 is 0 Å². The van der Waals surface area contributed by atoms with E-state index in [1.54, 1.807) is 6.08 Å². The van der Waals surface area contributed by atoms with E-state index in [-0.39, 0.29) is 12.5 Å².